The van der Waals surface area contributed by atoms with Gasteiger partial charge in [0.25, 0.3) is 0 Å². The zero-order valence-corrected chi connectivity index (χ0v) is 16.4. The van der Waals surface area contributed by atoms with E-state index < -0.39 is 0 Å². The topological polar surface area (TPSA) is 88.1 Å². The van der Waals surface area contributed by atoms with Crippen molar-refractivity contribution >= 4 is 5.71 Å². The second-order valence-electron chi connectivity index (χ2n) is 9.91. The van der Waals surface area contributed by atoms with Crippen LogP contribution in [-0.2, 0) is 4.84 Å². The van der Waals surface area contributed by atoms with Crippen molar-refractivity contribution in [3.63, 3.8) is 0 Å². The normalized spacial score (nSPS) is 52.3. The highest BCUT2D eigenvalue weighted by Crippen LogP contribution is 2.65. The maximum atomic E-state index is 11.1. The number of aliphatic hydroxyl groups is 2. The molecule has 4 rings (SSSR count). The molecular formula is C21H36N2O3. The number of nitrogens with two attached hydrogens (primary N) is 1. The summed E-state index contributed by atoms with van der Waals surface area (Å²) in [5, 5.41) is 26.0. The van der Waals surface area contributed by atoms with Gasteiger partial charge in [-0.25, -0.2) is 0 Å². The van der Waals surface area contributed by atoms with E-state index in [1.807, 2.05) is 0 Å². The third-order valence-corrected chi connectivity index (χ3v) is 8.87. The van der Waals surface area contributed by atoms with Gasteiger partial charge in [0, 0.05) is 6.54 Å². The van der Waals surface area contributed by atoms with Gasteiger partial charge in [-0.2, -0.15) is 0 Å². The van der Waals surface area contributed by atoms with Crippen LogP contribution in [0, 0.1) is 34.5 Å². The molecule has 26 heavy (non-hydrogen) atoms. The van der Waals surface area contributed by atoms with Crippen molar-refractivity contribution < 1.29 is 15.1 Å². The maximum absolute atomic E-state index is 11.1. The lowest BCUT2D eigenvalue weighted by Crippen LogP contribution is -2.58. The van der Waals surface area contributed by atoms with E-state index in [1.165, 1.54) is 6.42 Å². The van der Waals surface area contributed by atoms with Crippen LogP contribution in [0.3, 0.4) is 0 Å². The minimum atomic E-state index is -0.263. The lowest BCUT2D eigenvalue weighted by Gasteiger charge is -2.61. The van der Waals surface area contributed by atoms with E-state index in [0.29, 0.717) is 30.9 Å². The Kier molecular flexibility index (Phi) is 4.85. The highest BCUT2D eigenvalue weighted by atomic mass is 16.6. The summed E-state index contributed by atoms with van der Waals surface area (Å²) < 4.78 is 0. The van der Waals surface area contributed by atoms with Crippen molar-refractivity contribution in [3.05, 3.63) is 0 Å². The number of hydrogen-bond acceptors (Lipinski definition) is 5. The van der Waals surface area contributed by atoms with E-state index >= 15 is 0 Å². The molecule has 0 spiro atoms. The first kappa shape index (κ1) is 18.7. The van der Waals surface area contributed by atoms with E-state index in [4.69, 9.17) is 10.6 Å². The fourth-order valence-corrected chi connectivity index (χ4v) is 7.35. The molecule has 4 N–H and O–H groups in total. The highest BCUT2D eigenvalue weighted by Gasteiger charge is 2.61. The first-order valence-corrected chi connectivity index (χ1v) is 10.6. The Bertz CT molecular complexity index is 567. The number of fused-ring (bicyclic) bond motifs is 5. The molecule has 0 aromatic heterocycles. The average Bonchev–Trinajstić information content (AvgIpc) is 2.92. The summed E-state index contributed by atoms with van der Waals surface area (Å²) in [5.74, 6) is 2.10. The lowest BCUT2D eigenvalue weighted by atomic mass is 9.44. The summed E-state index contributed by atoms with van der Waals surface area (Å²) in [6, 6.07) is 0. The van der Waals surface area contributed by atoms with Crippen molar-refractivity contribution in [3.8, 4) is 0 Å². The lowest BCUT2D eigenvalue weighted by molar-refractivity contribution is -0.153. The van der Waals surface area contributed by atoms with E-state index in [-0.39, 0.29) is 29.0 Å². The van der Waals surface area contributed by atoms with E-state index in [1.54, 1.807) is 0 Å². The van der Waals surface area contributed by atoms with Crippen molar-refractivity contribution in [1.29, 1.82) is 0 Å². The molecule has 0 saturated heterocycles. The summed E-state index contributed by atoms with van der Waals surface area (Å²) in [7, 11) is 0. The molecule has 4 aliphatic carbocycles. The first-order chi connectivity index (χ1) is 12.4. The molecule has 0 heterocycles. The molecule has 4 saturated carbocycles. The van der Waals surface area contributed by atoms with Gasteiger partial charge in [0.1, 0.15) is 6.61 Å². The van der Waals surface area contributed by atoms with Crippen LogP contribution in [0.25, 0.3) is 0 Å². The molecule has 0 aliphatic heterocycles. The van der Waals surface area contributed by atoms with Gasteiger partial charge in [0.15, 0.2) is 0 Å². The first-order valence-electron chi connectivity index (χ1n) is 10.6. The van der Waals surface area contributed by atoms with Crippen LogP contribution in [0.4, 0.5) is 0 Å². The Hall–Kier alpha value is -0.650. The Morgan fingerprint density at radius 1 is 1.08 bits per heavy atom. The van der Waals surface area contributed by atoms with Crippen molar-refractivity contribution in [2.24, 2.45) is 45.4 Å². The van der Waals surface area contributed by atoms with Crippen LogP contribution in [0.1, 0.15) is 65.2 Å². The Morgan fingerprint density at radius 2 is 1.85 bits per heavy atom. The number of nitrogens with zero attached hydrogens (tertiary/aromatic N) is 1. The highest BCUT2D eigenvalue weighted by molar-refractivity contribution is 5.85. The summed E-state index contributed by atoms with van der Waals surface area (Å²) in [6.45, 7) is 5.66. The standard InChI is InChI=1S/C21H36N2O3/c1-20-7-5-13(23-26-10-9-22)11-17(20)18(24)12-14-15-3-4-19(25)21(15,2)8-6-16(14)20/h14-19,24-25H,3-12,22H2,1-2H3/b23-13+/t14-,15-,16-,17+,18-,19-,20+,21-/m0/s1. The van der Waals surface area contributed by atoms with Crippen LogP contribution in [0.2, 0.25) is 0 Å². The molecule has 0 amide bonds. The number of oxime groups is 1. The molecule has 0 unspecified atom stereocenters. The third kappa shape index (κ3) is 2.73. The van der Waals surface area contributed by atoms with Gasteiger partial charge in [-0.1, -0.05) is 19.0 Å². The molecule has 4 fully saturated rings. The summed E-state index contributed by atoms with van der Waals surface area (Å²) in [6.07, 6.45) is 7.81. The minimum absolute atomic E-state index is 0.0709. The average molecular weight is 365 g/mol. The van der Waals surface area contributed by atoms with Crippen molar-refractivity contribution in [2.45, 2.75) is 77.4 Å². The molecule has 8 atom stereocenters. The van der Waals surface area contributed by atoms with Crippen LogP contribution in [0.5, 0.6) is 0 Å². The smallest absolute Gasteiger partial charge is 0.129 e. The molecule has 0 aromatic carbocycles. The summed E-state index contributed by atoms with van der Waals surface area (Å²) in [5.41, 5.74) is 6.83. The predicted octanol–water partition coefficient (Wildman–Crippen LogP) is 2.69. The molecule has 5 heteroatoms. The molecule has 5 nitrogen and oxygen atoms in total. The molecule has 4 aliphatic rings. The summed E-state index contributed by atoms with van der Waals surface area (Å²) >= 11 is 0. The van der Waals surface area contributed by atoms with Crippen LogP contribution in [0.15, 0.2) is 5.16 Å². The molecule has 0 bridgehead atoms. The second kappa shape index (κ2) is 6.75. The zero-order chi connectivity index (χ0) is 18.5. The Morgan fingerprint density at radius 3 is 2.62 bits per heavy atom. The van der Waals surface area contributed by atoms with Gasteiger partial charge in [0.2, 0.25) is 0 Å². The SMILES string of the molecule is C[C@]12CC/C(=N\OCCN)C[C@@H]1[C@@H](O)C[C@@H]1[C@@H]2CC[C@]2(C)[C@@H](O)CC[C@@H]12. The number of aliphatic hydroxyl groups excluding tert-OH is 2. The van der Waals surface area contributed by atoms with E-state index in [9.17, 15) is 10.2 Å². The number of hydrogen-bond donors (Lipinski definition) is 3. The maximum Gasteiger partial charge on any atom is 0.129 e. The van der Waals surface area contributed by atoms with Gasteiger partial charge in [-0.3, -0.25) is 0 Å². The molecule has 148 valence electrons. The molecule has 0 aromatic rings. The van der Waals surface area contributed by atoms with Gasteiger partial charge in [0.05, 0.1) is 17.9 Å². The van der Waals surface area contributed by atoms with Crippen molar-refractivity contribution in [2.75, 3.05) is 13.2 Å². The van der Waals surface area contributed by atoms with Crippen LogP contribution in [-0.4, -0.2) is 41.3 Å². The van der Waals surface area contributed by atoms with Gasteiger partial charge < -0.3 is 20.8 Å². The van der Waals surface area contributed by atoms with Gasteiger partial charge in [-0.05, 0) is 85.9 Å². The summed E-state index contributed by atoms with van der Waals surface area (Å²) in [4.78, 5) is 5.31. The minimum Gasteiger partial charge on any atom is -0.395 e. The number of rotatable bonds is 3. The van der Waals surface area contributed by atoms with Gasteiger partial charge in [-0.15, -0.1) is 0 Å². The Balaban J connectivity index is 1.55. The van der Waals surface area contributed by atoms with Gasteiger partial charge >= 0.3 is 0 Å². The van der Waals surface area contributed by atoms with Crippen LogP contribution < -0.4 is 5.73 Å². The molecule has 0 radical (unpaired) electrons. The fraction of sp³-hybridized carbons (Fsp3) is 0.952. The second-order valence-corrected chi connectivity index (χ2v) is 9.91. The quantitative estimate of drug-likeness (QED) is 0.531. The van der Waals surface area contributed by atoms with E-state index in [2.05, 4.69) is 19.0 Å². The third-order valence-electron chi connectivity index (χ3n) is 8.87. The zero-order valence-electron chi connectivity index (χ0n) is 16.4. The largest absolute Gasteiger partial charge is 0.395 e. The van der Waals surface area contributed by atoms with Crippen molar-refractivity contribution in [1.82, 2.24) is 0 Å². The van der Waals surface area contributed by atoms with Crippen LogP contribution >= 0.6 is 0 Å². The monoisotopic (exact) mass is 364 g/mol. The molecular weight excluding hydrogens is 328 g/mol. The Labute approximate surface area is 157 Å². The van der Waals surface area contributed by atoms with E-state index in [0.717, 1.165) is 50.7 Å². The fourth-order valence-electron chi connectivity index (χ4n) is 7.35. The predicted molar refractivity (Wildman–Crippen MR) is 102 cm³/mol.